The summed E-state index contributed by atoms with van der Waals surface area (Å²) in [6.07, 6.45) is 0.335. The van der Waals surface area contributed by atoms with Crippen molar-refractivity contribution in [2.24, 2.45) is 0 Å². The van der Waals surface area contributed by atoms with E-state index in [9.17, 15) is 18.0 Å². The highest BCUT2D eigenvalue weighted by molar-refractivity contribution is 7.89. The Hall–Kier alpha value is -2.13. The molecular weight excluding hydrogens is 358 g/mol. The van der Waals surface area contributed by atoms with Gasteiger partial charge in [0.1, 0.15) is 0 Å². The molecule has 8 nitrogen and oxygen atoms in total. The molecule has 0 unspecified atom stereocenters. The van der Waals surface area contributed by atoms with Crippen LogP contribution in [0, 0.1) is 0 Å². The van der Waals surface area contributed by atoms with Crippen molar-refractivity contribution >= 4 is 22.0 Å². The Morgan fingerprint density at radius 1 is 1.04 bits per heavy atom. The van der Waals surface area contributed by atoms with E-state index in [4.69, 9.17) is 4.74 Å². The van der Waals surface area contributed by atoms with Crippen LogP contribution in [0.3, 0.4) is 0 Å². The van der Waals surface area contributed by atoms with Gasteiger partial charge in [-0.3, -0.25) is 4.79 Å². The number of ether oxygens (including phenoxy) is 1. The fourth-order valence-electron chi connectivity index (χ4n) is 2.59. The molecule has 1 heterocycles. The Kier molecular flexibility index (Phi) is 6.98. The van der Waals surface area contributed by atoms with Gasteiger partial charge in [-0.05, 0) is 37.6 Å². The maximum Gasteiger partial charge on any atom is 0.409 e. The summed E-state index contributed by atoms with van der Waals surface area (Å²) in [5.41, 5.74) is 0.420. The third-order valence-electron chi connectivity index (χ3n) is 4.05. The summed E-state index contributed by atoms with van der Waals surface area (Å²) in [4.78, 5) is 27.6. The van der Waals surface area contributed by atoms with Gasteiger partial charge in [0.2, 0.25) is 10.0 Å². The Morgan fingerprint density at radius 3 is 2.15 bits per heavy atom. The van der Waals surface area contributed by atoms with E-state index >= 15 is 0 Å². The van der Waals surface area contributed by atoms with Crippen LogP contribution in [0.2, 0.25) is 0 Å². The van der Waals surface area contributed by atoms with Crippen LogP contribution in [0.5, 0.6) is 0 Å². The van der Waals surface area contributed by atoms with Gasteiger partial charge in [0.25, 0.3) is 5.91 Å². The topological polar surface area (TPSA) is 96.0 Å². The lowest BCUT2D eigenvalue weighted by molar-refractivity contribution is 0.0570. The highest BCUT2D eigenvalue weighted by Gasteiger charge is 2.25. The van der Waals surface area contributed by atoms with Gasteiger partial charge in [-0.15, -0.1) is 0 Å². The number of rotatable bonds is 6. The number of benzene rings is 1. The Balaban J connectivity index is 1.97. The Morgan fingerprint density at radius 2 is 1.62 bits per heavy atom. The van der Waals surface area contributed by atoms with Crippen molar-refractivity contribution in [1.82, 2.24) is 14.5 Å². The van der Waals surface area contributed by atoms with Crippen LogP contribution in [0.25, 0.3) is 0 Å². The fourth-order valence-corrected chi connectivity index (χ4v) is 3.72. The van der Waals surface area contributed by atoms with Crippen LogP contribution in [0.1, 0.15) is 30.6 Å². The van der Waals surface area contributed by atoms with E-state index < -0.39 is 10.0 Å². The van der Waals surface area contributed by atoms with Gasteiger partial charge in [-0.1, -0.05) is 6.92 Å². The van der Waals surface area contributed by atoms with Gasteiger partial charge in [-0.2, -0.15) is 0 Å². The summed E-state index contributed by atoms with van der Waals surface area (Å²) in [6.45, 7) is 5.97. The molecule has 1 aliphatic rings. The molecule has 1 saturated heterocycles. The zero-order chi connectivity index (χ0) is 19.2. The number of amides is 2. The molecule has 0 radical (unpaired) electrons. The predicted molar refractivity (Wildman–Crippen MR) is 96.4 cm³/mol. The van der Waals surface area contributed by atoms with Crippen molar-refractivity contribution in [2.45, 2.75) is 25.2 Å². The highest BCUT2D eigenvalue weighted by atomic mass is 32.2. The van der Waals surface area contributed by atoms with Crippen LogP contribution in [-0.4, -0.2) is 69.5 Å². The molecule has 1 aliphatic heterocycles. The molecule has 144 valence electrons. The lowest BCUT2D eigenvalue weighted by atomic mass is 10.2. The normalized spacial score (nSPS) is 15.0. The maximum absolute atomic E-state index is 12.6. The number of carbonyl (C=O) groups is 2. The van der Waals surface area contributed by atoms with Crippen LogP contribution in [-0.2, 0) is 14.8 Å². The van der Waals surface area contributed by atoms with E-state index in [-0.39, 0.29) is 16.9 Å². The second kappa shape index (κ2) is 9.00. The smallest absolute Gasteiger partial charge is 0.409 e. The Labute approximate surface area is 154 Å². The van der Waals surface area contributed by atoms with E-state index in [1.165, 1.54) is 24.3 Å². The second-order valence-corrected chi connectivity index (χ2v) is 7.67. The summed E-state index contributed by atoms with van der Waals surface area (Å²) in [7, 11) is -3.55. The van der Waals surface area contributed by atoms with Crippen molar-refractivity contribution in [3.05, 3.63) is 29.8 Å². The first-order valence-corrected chi connectivity index (χ1v) is 10.2. The molecule has 1 aromatic rings. The van der Waals surface area contributed by atoms with E-state index in [0.29, 0.717) is 51.3 Å². The number of hydrogen-bond donors (Lipinski definition) is 1. The summed E-state index contributed by atoms with van der Waals surface area (Å²) in [6, 6.07) is 5.89. The summed E-state index contributed by atoms with van der Waals surface area (Å²) < 4.78 is 31.6. The number of nitrogens with zero attached hydrogens (tertiary/aromatic N) is 2. The van der Waals surface area contributed by atoms with Crippen LogP contribution < -0.4 is 4.72 Å². The predicted octanol–water partition coefficient (Wildman–Crippen LogP) is 1.29. The van der Waals surface area contributed by atoms with Gasteiger partial charge in [-0.25, -0.2) is 17.9 Å². The molecule has 0 aliphatic carbocycles. The monoisotopic (exact) mass is 383 g/mol. The number of piperazine rings is 1. The van der Waals surface area contributed by atoms with E-state index in [1.807, 2.05) is 6.92 Å². The van der Waals surface area contributed by atoms with Crippen molar-refractivity contribution < 1.29 is 22.7 Å². The standard InChI is InChI=1S/C17H25N3O5S/c1-3-9-18-26(23,24)15-7-5-14(6-8-15)16(21)19-10-12-20(13-11-19)17(22)25-4-2/h5-8,18H,3-4,9-13H2,1-2H3. The van der Waals surface area contributed by atoms with Gasteiger partial charge < -0.3 is 14.5 Å². The third-order valence-corrected chi connectivity index (χ3v) is 5.52. The largest absolute Gasteiger partial charge is 0.450 e. The van der Waals surface area contributed by atoms with E-state index in [2.05, 4.69) is 4.72 Å². The minimum Gasteiger partial charge on any atom is -0.450 e. The number of hydrogen-bond acceptors (Lipinski definition) is 5. The minimum absolute atomic E-state index is 0.134. The summed E-state index contributed by atoms with van der Waals surface area (Å²) in [5, 5.41) is 0. The minimum atomic E-state index is -3.55. The number of carbonyl (C=O) groups excluding carboxylic acids is 2. The van der Waals surface area contributed by atoms with Gasteiger partial charge in [0.05, 0.1) is 11.5 Å². The van der Waals surface area contributed by atoms with Crippen LogP contribution in [0.4, 0.5) is 4.79 Å². The molecule has 26 heavy (non-hydrogen) atoms. The fraction of sp³-hybridized carbons (Fsp3) is 0.529. The maximum atomic E-state index is 12.6. The molecule has 0 bridgehead atoms. The Bertz CT molecular complexity index is 725. The summed E-state index contributed by atoms with van der Waals surface area (Å²) in [5.74, 6) is -0.182. The first kappa shape index (κ1) is 20.2. The molecule has 9 heteroatoms. The first-order chi connectivity index (χ1) is 12.4. The summed E-state index contributed by atoms with van der Waals surface area (Å²) >= 11 is 0. The SMILES string of the molecule is CCCNS(=O)(=O)c1ccc(C(=O)N2CCN(C(=O)OCC)CC2)cc1. The molecule has 0 atom stereocenters. The quantitative estimate of drug-likeness (QED) is 0.799. The van der Waals surface area contributed by atoms with Crippen molar-refractivity contribution in [2.75, 3.05) is 39.3 Å². The molecule has 2 rings (SSSR count). The van der Waals surface area contributed by atoms with Gasteiger partial charge in [0.15, 0.2) is 0 Å². The van der Waals surface area contributed by atoms with Gasteiger partial charge >= 0.3 is 6.09 Å². The third kappa shape index (κ3) is 4.95. The lowest BCUT2D eigenvalue weighted by Gasteiger charge is -2.34. The molecule has 1 aromatic carbocycles. The number of nitrogens with one attached hydrogen (secondary N) is 1. The molecule has 0 aromatic heterocycles. The van der Waals surface area contributed by atoms with Crippen molar-refractivity contribution in [3.8, 4) is 0 Å². The molecular formula is C17H25N3O5S. The lowest BCUT2D eigenvalue weighted by Crippen LogP contribution is -2.50. The van der Waals surface area contributed by atoms with Gasteiger partial charge in [0, 0.05) is 38.3 Å². The number of sulfonamides is 1. The van der Waals surface area contributed by atoms with Crippen molar-refractivity contribution in [1.29, 1.82) is 0 Å². The van der Waals surface area contributed by atoms with Crippen LogP contribution >= 0.6 is 0 Å². The molecule has 1 N–H and O–H groups in total. The zero-order valence-corrected chi connectivity index (χ0v) is 15.9. The first-order valence-electron chi connectivity index (χ1n) is 8.69. The van der Waals surface area contributed by atoms with Crippen LogP contribution in [0.15, 0.2) is 29.2 Å². The highest BCUT2D eigenvalue weighted by Crippen LogP contribution is 2.14. The van der Waals surface area contributed by atoms with Crippen molar-refractivity contribution in [3.63, 3.8) is 0 Å². The average Bonchev–Trinajstić information content (AvgIpc) is 2.66. The average molecular weight is 383 g/mol. The molecule has 0 spiro atoms. The molecule has 0 saturated carbocycles. The zero-order valence-electron chi connectivity index (χ0n) is 15.1. The molecule has 1 fully saturated rings. The van der Waals surface area contributed by atoms with E-state index in [1.54, 1.807) is 16.7 Å². The van der Waals surface area contributed by atoms with E-state index in [0.717, 1.165) is 0 Å². The molecule has 2 amide bonds. The second-order valence-electron chi connectivity index (χ2n) is 5.90.